The topological polar surface area (TPSA) is 348 Å². The number of carbonyl (C=O) groups is 8. The molecule has 0 aliphatic carbocycles. The zero-order valence-corrected chi connectivity index (χ0v) is 32.2. The number of guanidine groups is 1. The van der Waals surface area contributed by atoms with Crippen molar-refractivity contribution in [1.29, 1.82) is 0 Å². The first-order valence-electron chi connectivity index (χ1n) is 18.2. The van der Waals surface area contributed by atoms with Crippen molar-refractivity contribution in [2.45, 2.75) is 115 Å². The Morgan fingerprint density at radius 2 is 1.09 bits per heavy atom. The number of nitrogens with two attached hydrogens (primary N) is 3. The largest absolute Gasteiger partial charge is 0.481 e. The van der Waals surface area contributed by atoms with Crippen molar-refractivity contribution in [2.24, 2.45) is 34.0 Å². The quantitative estimate of drug-likeness (QED) is 0.0291. The van der Waals surface area contributed by atoms with Crippen LogP contribution < -0.4 is 43.8 Å². The molecule has 20 nitrogen and oxygen atoms in total. The first-order valence-corrected chi connectivity index (χ1v) is 18.2. The summed E-state index contributed by atoms with van der Waals surface area (Å²) >= 11 is 0. The predicted octanol–water partition coefficient (Wildman–Crippen LogP) is -1.45. The Morgan fingerprint density at radius 1 is 0.625 bits per heavy atom. The van der Waals surface area contributed by atoms with Gasteiger partial charge in [0.25, 0.3) is 0 Å². The molecule has 5 amide bonds. The summed E-state index contributed by atoms with van der Waals surface area (Å²) in [5, 5.41) is 40.6. The number of hydrogen-bond donors (Lipinski definition) is 11. The van der Waals surface area contributed by atoms with Crippen LogP contribution in [0.5, 0.6) is 0 Å². The van der Waals surface area contributed by atoms with Crippen LogP contribution in [-0.4, -0.2) is 112 Å². The Balaban J connectivity index is 3.47. The van der Waals surface area contributed by atoms with Crippen LogP contribution in [0.15, 0.2) is 35.3 Å². The molecule has 0 saturated carbocycles. The third kappa shape index (κ3) is 19.5. The SMILES string of the molecule is CC(C)C[C@H](NC(=O)[C@H](CCCN=C(N)N)NC(=O)[C@H](Cc1ccccc1)NC(=O)[C@H](CCC(=O)O)NC(=O)[C@H](CC(C)C)NC(=O)[C@@H](N)CC(=O)O)C(=O)O. The average molecular weight is 792 g/mol. The molecule has 0 fully saturated rings. The van der Waals surface area contributed by atoms with Crippen molar-refractivity contribution >= 4 is 53.4 Å². The van der Waals surface area contributed by atoms with Gasteiger partial charge in [-0.15, -0.1) is 0 Å². The highest BCUT2D eigenvalue weighted by Gasteiger charge is 2.33. The van der Waals surface area contributed by atoms with E-state index >= 15 is 0 Å². The number of benzene rings is 1. The summed E-state index contributed by atoms with van der Waals surface area (Å²) < 4.78 is 0. The Kier molecular flexibility index (Phi) is 21.2. The highest BCUT2D eigenvalue weighted by Crippen LogP contribution is 2.11. The summed E-state index contributed by atoms with van der Waals surface area (Å²) in [6.45, 7) is 7.11. The minimum Gasteiger partial charge on any atom is -0.481 e. The fourth-order valence-electron chi connectivity index (χ4n) is 5.41. The molecular formula is C36H57N9O11. The fraction of sp³-hybridized carbons (Fsp3) is 0.583. The normalized spacial score (nSPS) is 14.2. The number of nitrogens with one attached hydrogen (secondary N) is 5. The van der Waals surface area contributed by atoms with Crippen molar-refractivity contribution < 1.29 is 53.7 Å². The maximum atomic E-state index is 14.0. The van der Waals surface area contributed by atoms with Gasteiger partial charge in [0.2, 0.25) is 29.5 Å². The highest BCUT2D eigenvalue weighted by atomic mass is 16.4. The molecule has 14 N–H and O–H groups in total. The van der Waals surface area contributed by atoms with Crippen LogP contribution in [0.1, 0.15) is 78.2 Å². The molecule has 0 spiro atoms. The smallest absolute Gasteiger partial charge is 0.326 e. The maximum absolute atomic E-state index is 14.0. The molecule has 6 atom stereocenters. The van der Waals surface area contributed by atoms with Crippen molar-refractivity contribution in [3.63, 3.8) is 0 Å². The van der Waals surface area contributed by atoms with Crippen molar-refractivity contribution in [3.8, 4) is 0 Å². The van der Waals surface area contributed by atoms with Gasteiger partial charge in [0.15, 0.2) is 5.96 Å². The molecule has 1 aromatic carbocycles. The van der Waals surface area contributed by atoms with Gasteiger partial charge < -0.3 is 59.1 Å². The van der Waals surface area contributed by atoms with Gasteiger partial charge in [-0.3, -0.25) is 38.6 Å². The molecule has 0 radical (unpaired) electrons. The molecule has 0 unspecified atom stereocenters. The van der Waals surface area contributed by atoms with E-state index < -0.39 is 103 Å². The third-order valence-electron chi connectivity index (χ3n) is 8.17. The Bertz CT molecular complexity index is 1540. The molecule has 1 aromatic rings. The number of amides is 5. The number of hydrogen-bond acceptors (Lipinski definition) is 10. The zero-order valence-electron chi connectivity index (χ0n) is 32.2. The Labute approximate surface area is 325 Å². The van der Waals surface area contributed by atoms with E-state index in [4.69, 9.17) is 22.3 Å². The van der Waals surface area contributed by atoms with Crippen molar-refractivity contribution in [1.82, 2.24) is 26.6 Å². The number of carboxylic acids is 3. The van der Waals surface area contributed by atoms with E-state index in [0.29, 0.717) is 5.56 Å². The minimum atomic E-state index is -1.55. The zero-order chi connectivity index (χ0) is 42.5. The van der Waals surface area contributed by atoms with Crippen LogP contribution in [0.25, 0.3) is 0 Å². The highest BCUT2D eigenvalue weighted by molar-refractivity contribution is 5.97. The number of carboxylic acid groups (broad SMARTS) is 3. The molecule has 312 valence electrons. The second-order valence-electron chi connectivity index (χ2n) is 14.2. The van der Waals surface area contributed by atoms with Gasteiger partial charge >= 0.3 is 17.9 Å². The third-order valence-corrected chi connectivity index (χ3v) is 8.17. The van der Waals surface area contributed by atoms with Crippen LogP contribution >= 0.6 is 0 Å². The molecule has 0 aromatic heterocycles. The standard InChI is InChI=1S/C36H57N9O11/c1-19(2)15-25(43-30(50)22(37)18-29(48)49)33(53)42-24(12-13-28(46)47)32(52)44-26(17-21-9-6-5-7-10-21)34(54)41-23(11-8-14-40-36(38)39)31(51)45-27(35(55)56)16-20(3)4/h5-7,9-10,19-20,22-27H,8,11-18,37H2,1-4H3,(H,41,54)(H,42,53)(H,43,50)(H,44,52)(H,45,51)(H,46,47)(H,48,49)(H,55,56)(H4,38,39,40)/t22-,23-,24-,25-,26-,27-/m0/s1. The molecule has 20 heteroatoms. The Hall–Kier alpha value is -5.79. The van der Waals surface area contributed by atoms with E-state index in [1.165, 1.54) is 0 Å². The van der Waals surface area contributed by atoms with E-state index in [9.17, 15) is 48.6 Å². The molecule has 1 rings (SSSR count). The predicted molar refractivity (Wildman–Crippen MR) is 203 cm³/mol. The fourth-order valence-corrected chi connectivity index (χ4v) is 5.41. The maximum Gasteiger partial charge on any atom is 0.326 e. The lowest BCUT2D eigenvalue weighted by Gasteiger charge is -2.27. The minimum absolute atomic E-state index is 0.0370. The van der Waals surface area contributed by atoms with E-state index in [1.54, 1.807) is 58.0 Å². The van der Waals surface area contributed by atoms with Gasteiger partial charge in [0.05, 0.1) is 12.5 Å². The Morgan fingerprint density at radius 3 is 1.59 bits per heavy atom. The van der Waals surface area contributed by atoms with E-state index in [-0.39, 0.29) is 56.4 Å². The molecular weight excluding hydrogens is 734 g/mol. The summed E-state index contributed by atoms with van der Waals surface area (Å²) in [6, 6.07) is 0.135. The van der Waals surface area contributed by atoms with Crippen molar-refractivity contribution in [3.05, 3.63) is 35.9 Å². The van der Waals surface area contributed by atoms with Crippen LogP contribution in [0.4, 0.5) is 0 Å². The lowest BCUT2D eigenvalue weighted by Crippen LogP contribution is -2.60. The number of nitrogens with zero attached hydrogens (tertiary/aromatic N) is 1. The number of aliphatic carboxylic acids is 3. The van der Waals surface area contributed by atoms with Gasteiger partial charge in [-0.05, 0) is 49.5 Å². The summed E-state index contributed by atoms with van der Waals surface area (Å²) in [5.41, 5.74) is 17.1. The monoisotopic (exact) mass is 791 g/mol. The summed E-state index contributed by atoms with van der Waals surface area (Å²) in [7, 11) is 0. The summed E-state index contributed by atoms with van der Waals surface area (Å²) in [5.74, 6) is -8.87. The molecule has 0 aliphatic rings. The van der Waals surface area contributed by atoms with Crippen LogP contribution in [0, 0.1) is 11.8 Å². The first-order chi connectivity index (χ1) is 26.2. The molecule has 0 saturated heterocycles. The number of aliphatic imine (C=N–C) groups is 1. The van der Waals surface area contributed by atoms with E-state index in [0.717, 1.165) is 0 Å². The van der Waals surface area contributed by atoms with Crippen LogP contribution in [0.3, 0.4) is 0 Å². The van der Waals surface area contributed by atoms with E-state index in [1.807, 2.05) is 0 Å². The average Bonchev–Trinajstić information content (AvgIpc) is 3.09. The van der Waals surface area contributed by atoms with Crippen LogP contribution in [-0.2, 0) is 44.8 Å². The van der Waals surface area contributed by atoms with Gasteiger partial charge in [0, 0.05) is 19.4 Å². The molecule has 56 heavy (non-hydrogen) atoms. The van der Waals surface area contributed by atoms with Gasteiger partial charge in [-0.2, -0.15) is 0 Å². The van der Waals surface area contributed by atoms with Gasteiger partial charge in [0.1, 0.15) is 30.2 Å². The second kappa shape index (κ2) is 24.6. The van der Waals surface area contributed by atoms with Gasteiger partial charge in [-0.1, -0.05) is 58.0 Å². The second-order valence-corrected chi connectivity index (χ2v) is 14.2. The summed E-state index contributed by atoms with van der Waals surface area (Å²) in [4.78, 5) is 106. The number of rotatable bonds is 26. The molecule has 0 aliphatic heterocycles. The number of carbonyl (C=O) groups excluding carboxylic acids is 5. The lowest BCUT2D eigenvalue weighted by atomic mass is 10.0. The first kappa shape index (κ1) is 48.2. The van der Waals surface area contributed by atoms with Crippen molar-refractivity contribution in [2.75, 3.05) is 6.54 Å². The van der Waals surface area contributed by atoms with Crippen LogP contribution in [0.2, 0.25) is 0 Å². The van der Waals surface area contributed by atoms with E-state index in [2.05, 4.69) is 31.6 Å². The molecule has 0 heterocycles. The molecule has 0 bridgehead atoms. The van der Waals surface area contributed by atoms with Gasteiger partial charge in [-0.25, -0.2) is 4.79 Å². The summed E-state index contributed by atoms with van der Waals surface area (Å²) in [6.07, 6.45) is -1.57. The lowest BCUT2D eigenvalue weighted by molar-refractivity contribution is -0.143.